The first-order valence-corrected chi connectivity index (χ1v) is 5.83. The average molecular weight is 257 g/mol. The van der Waals surface area contributed by atoms with Crippen molar-refractivity contribution >= 4 is 23.1 Å². The van der Waals surface area contributed by atoms with Gasteiger partial charge in [0.2, 0.25) is 5.91 Å². The molecule has 0 radical (unpaired) electrons. The number of para-hydroxylation sites is 2. The standard InChI is InChI=1S/C14H15N3O2/c1-10(18)16-11-7-8-14(15-9-11)17-12-5-3-4-6-13(12)19-2/h3-9H,1-2H3,(H,15,17)(H,16,18). The van der Waals surface area contributed by atoms with Gasteiger partial charge in [0.1, 0.15) is 11.6 Å². The largest absolute Gasteiger partial charge is 0.495 e. The number of hydrogen-bond donors (Lipinski definition) is 2. The van der Waals surface area contributed by atoms with Gasteiger partial charge in [0.25, 0.3) is 0 Å². The molecule has 0 spiro atoms. The predicted molar refractivity (Wildman–Crippen MR) is 74.8 cm³/mol. The number of methoxy groups -OCH3 is 1. The van der Waals surface area contributed by atoms with Gasteiger partial charge in [-0.2, -0.15) is 0 Å². The normalized spacial score (nSPS) is 9.79. The zero-order valence-electron chi connectivity index (χ0n) is 10.8. The summed E-state index contributed by atoms with van der Waals surface area (Å²) in [6.07, 6.45) is 1.60. The number of ether oxygens (including phenoxy) is 1. The molecule has 1 heterocycles. The van der Waals surface area contributed by atoms with Crippen LogP contribution in [0.4, 0.5) is 17.2 Å². The van der Waals surface area contributed by atoms with Gasteiger partial charge in [-0.15, -0.1) is 0 Å². The molecule has 0 aliphatic heterocycles. The van der Waals surface area contributed by atoms with Gasteiger partial charge < -0.3 is 15.4 Å². The minimum atomic E-state index is -0.118. The molecule has 2 N–H and O–H groups in total. The Morgan fingerprint density at radius 2 is 2.00 bits per heavy atom. The molecule has 0 saturated carbocycles. The van der Waals surface area contributed by atoms with Crippen LogP contribution in [0, 0.1) is 0 Å². The summed E-state index contributed by atoms with van der Waals surface area (Å²) in [5.74, 6) is 1.31. The van der Waals surface area contributed by atoms with E-state index in [4.69, 9.17) is 4.74 Å². The van der Waals surface area contributed by atoms with Gasteiger partial charge in [-0.25, -0.2) is 4.98 Å². The number of benzene rings is 1. The molecule has 1 aromatic carbocycles. The van der Waals surface area contributed by atoms with Gasteiger partial charge >= 0.3 is 0 Å². The van der Waals surface area contributed by atoms with Crippen LogP contribution in [0.5, 0.6) is 5.75 Å². The molecule has 0 bridgehead atoms. The maximum Gasteiger partial charge on any atom is 0.221 e. The Labute approximate surface area is 111 Å². The van der Waals surface area contributed by atoms with Gasteiger partial charge in [-0.3, -0.25) is 4.79 Å². The molecule has 0 saturated heterocycles. The number of aromatic nitrogens is 1. The van der Waals surface area contributed by atoms with E-state index in [1.165, 1.54) is 6.92 Å². The molecule has 0 aliphatic rings. The van der Waals surface area contributed by atoms with E-state index in [0.717, 1.165) is 11.4 Å². The van der Waals surface area contributed by atoms with Crippen LogP contribution in [0.3, 0.4) is 0 Å². The Hall–Kier alpha value is -2.56. The van der Waals surface area contributed by atoms with E-state index in [1.54, 1.807) is 25.4 Å². The second-order valence-electron chi connectivity index (χ2n) is 3.94. The summed E-state index contributed by atoms with van der Waals surface area (Å²) in [5, 5.41) is 5.82. The fraction of sp³-hybridized carbons (Fsp3) is 0.143. The fourth-order valence-corrected chi connectivity index (χ4v) is 1.63. The lowest BCUT2D eigenvalue weighted by Crippen LogP contribution is -2.06. The average Bonchev–Trinajstić information content (AvgIpc) is 2.41. The highest BCUT2D eigenvalue weighted by atomic mass is 16.5. The molecule has 0 aliphatic carbocycles. The SMILES string of the molecule is COc1ccccc1Nc1ccc(NC(C)=O)cn1. The molecule has 5 nitrogen and oxygen atoms in total. The number of pyridine rings is 1. The summed E-state index contributed by atoms with van der Waals surface area (Å²) in [5.41, 5.74) is 1.50. The first-order chi connectivity index (χ1) is 9.19. The minimum absolute atomic E-state index is 0.118. The molecule has 1 aromatic heterocycles. The quantitative estimate of drug-likeness (QED) is 0.884. The second kappa shape index (κ2) is 5.86. The van der Waals surface area contributed by atoms with Crippen molar-refractivity contribution in [2.75, 3.05) is 17.7 Å². The molecule has 0 unspecified atom stereocenters. The van der Waals surface area contributed by atoms with Gasteiger partial charge in [-0.1, -0.05) is 12.1 Å². The summed E-state index contributed by atoms with van der Waals surface area (Å²) < 4.78 is 5.25. The Kier molecular flexibility index (Phi) is 3.97. The summed E-state index contributed by atoms with van der Waals surface area (Å²) in [4.78, 5) is 15.1. The number of amides is 1. The Balaban J connectivity index is 2.13. The van der Waals surface area contributed by atoms with Crippen molar-refractivity contribution in [3.63, 3.8) is 0 Å². The van der Waals surface area contributed by atoms with Gasteiger partial charge in [0.15, 0.2) is 0 Å². The third kappa shape index (κ3) is 3.45. The zero-order valence-corrected chi connectivity index (χ0v) is 10.8. The summed E-state index contributed by atoms with van der Waals surface area (Å²) >= 11 is 0. The van der Waals surface area contributed by atoms with Crippen molar-refractivity contribution in [2.24, 2.45) is 0 Å². The molecule has 0 atom stereocenters. The van der Waals surface area contributed by atoms with Crippen molar-refractivity contribution in [1.82, 2.24) is 4.98 Å². The molecule has 2 aromatic rings. The highest BCUT2D eigenvalue weighted by molar-refractivity contribution is 5.88. The number of nitrogens with zero attached hydrogens (tertiary/aromatic N) is 1. The number of carbonyl (C=O) groups is 1. The number of nitrogens with one attached hydrogen (secondary N) is 2. The fourth-order valence-electron chi connectivity index (χ4n) is 1.63. The molecule has 0 fully saturated rings. The number of carbonyl (C=O) groups excluding carboxylic acids is 1. The number of anilines is 3. The Morgan fingerprint density at radius 1 is 1.21 bits per heavy atom. The number of hydrogen-bond acceptors (Lipinski definition) is 4. The highest BCUT2D eigenvalue weighted by Crippen LogP contribution is 2.26. The van der Waals surface area contributed by atoms with Gasteiger partial charge in [0, 0.05) is 6.92 Å². The van der Waals surface area contributed by atoms with Crippen LogP contribution in [0.1, 0.15) is 6.92 Å². The Bertz CT molecular complexity index is 567. The van der Waals surface area contributed by atoms with E-state index in [-0.39, 0.29) is 5.91 Å². The molecule has 19 heavy (non-hydrogen) atoms. The zero-order chi connectivity index (χ0) is 13.7. The second-order valence-corrected chi connectivity index (χ2v) is 3.94. The minimum Gasteiger partial charge on any atom is -0.495 e. The van der Waals surface area contributed by atoms with E-state index < -0.39 is 0 Å². The van der Waals surface area contributed by atoms with Crippen molar-refractivity contribution in [1.29, 1.82) is 0 Å². The van der Waals surface area contributed by atoms with Crippen LogP contribution in [0.25, 0.3) is 0 Å². The maximum absolute atomic E-state index is 10.9. The monoisotopic (exact) mass is 257 g/mol. The molecule has 5 heteroatoms. The van der Waals surface area contributed by atoms with Crippen LogP contribution < -0.4 is 15.4 Å². The highest BCUT2D eigenvalue weighted by Gasteiger charge is 2.03. The molecular weight excluding hydrogens is 242 g/mol. The third-order valence-corrected chi connectivity index (χ3v) is 2.45. The lowest BCUT2D eigenvalue weighted by molar-refractivity contribution is -0.114. The molecule has 2 rings (SSSR count). The maximum atomic E-state index is 10.9. The molecular formula is C14H15N3O2. The third-order valence-electron chi connectivity index (χ3n) is 2.45. The summed E-state index contributed by atoms with van der Waals surface area (Å²) in [6.45, 7) is 1.46. The van der Waals surface area contributed by atoms with Crippen LogP contribution in [0.15, 0.2) is 42.6 Å². The van der Waals surface area contributed by atoms with Crippen LogP contribution in [0.2, 0.25) is 0 Å². The summed E-state index contributed by atoms with van der Waals surface area (Å²) in [6, 6.07) is 11.2. The smallest absolute Gasteiger partial charge is 0.221 e. The predicted octanol–water partition coefficient (Wildman–Crippen LogP) is 2.79. The van der Waals surface area contributed by atoms with Crippen molar-refractivity contribution in [3.8, 4) is 5.75 Å². The van der Waals surface area contributed by atoms with Crippen molar-refractivity contribution in [2.45, 2.75) is 6.92 Å². The lowest BCUT2D eigenvalue weighted by atomic mass is 10.3. The van der Waals surface area contributed by atoms with Crippen LogP contribution >= 0.6 is 0 Å². The van der Waals surface area contributed by atoms with Gasteiger partial charge in [-0.05, 0) is 24.3 Å². The molecule has 1 amide bonds. The summed E-state index contributed by atoms with van der Waals surface area (Å²) in [7, 11) is 1.62. The van der Waals surface area contributed by atoms with E-state index in [0.29, 0.717) is 11.5 Å². The first kappa shape index (κ1) is 12.9. The Morgan fingerprint density at radius 3 is 2.63 bits per heavy atom. The van der Waals surface area contributed by atoms with Crippen LogP contribution in [-0.4, -0.2) is 18.0 Å². The lowest BCUT2D eigenvalue weighted by Gasteiger charge is -2.10. The first-order valence-electron chi connectivity index (χ1n) is 5.83. The van der Waals surface area contributed by atoms with E-state index in [2.05, 4.69) is 15.6 Å². The topological polar surface area (TPSA) is 63.2 Å². The molecule has 98 valence electrons. The van der Waals surface area contributed by atoms with E-state index in [1.807, 2.05) is 24.3 Å². The van der Waals surface area contributed by atoms with E-state index >= 15 is 0 Å². The number of rotatable bonds is 4. The van der Waals surface area contributed by atoms with E-state index in [9.17, 15) is 4.79 Å². The van der Waals surface area contributed by atoms with Crippen LogP contribution in [-0.2, 0) is 4.79 Å². The van der Waals surface area contributed by atoms with Gasteiger partial charge in [0.05, 0.1) is 24.7 Å². The van der Waals surface area contributed by atoms with Crippen molar-refractivity contribution < 1.29 is 9.53 Å². The van der Waals surface area contributed by atoms with Crippen molar-refractivity contribution in [3.05, 3.63) is 42.6 Å².